The molecule has 0 saturated carbocycles. The molecule has 41 heavy (non-hydrogen) atoms. The van der Waals surface area contributed by atoms with Crippen molar-refractivity contribution in [1.82, 2.24) is 9.97 Å². The van der Waals surface area contributed by atoms with Crippen LogP contribution < -0.4 is 9.55 Å². The van der Waals surface area contributed by atoms with E-state index in [1.54, 1.807) is 0 Å². The Labute approximate surface area is 238 Å². The highest BCUT2D eigenvalue weighted by atomic mass is 16.1. The van der Waals surface area contributed by atoms with Crippen molar-refractivity contribution in [1.29, 1.82) is 0 Å². The molecule has 194 valence electrons. The van der Waals surface area contributed by atoms with Crippen LogP contribution in [-0.2, 0) is 0 Å². The molecule has 0 N–H and O–H groups in total. The Morgan fingerprint density at radius 3 is 1.59 bits per heavy atom. The fraction of sp³-hybridized carbons (Fsp3) is 0. The van der Waals surface area contributed by atoms with Crippen LogP contribution in [0.3, 0.4) is 0 Å². The molecule has 0 fully saturated rings. The Morgan fingerprint density at radius 1 is 0.512 bits per heavy atom. The van der Waals surface area contributed by atoms with Gasteiger partial charge in [0.25, 0.3) is 0 Å². The molecular weight excluding hydrogens is 502 g/mol. The number of rotatable bonds is 6. The van der Waals surface area contributed by atoms with E-state index < -0.39 is 0 Å². The van der Waals surface area contributed by atoms with Crippen molar-refractivity contribution in [2.45, 2.75) is 0 Å². The predicted molar refractivity (Wildman–Crippen MR) is 163 cm³/mol. The number of ketones is 1. The Balaban J connectivity index is 1.46. The van der Waals surface area contributed by atoms with Crippen LogP contribution in [-0.4, -0.2) is 10.8 Å². The zero-order valence-electron chi connectivity index (χ0n) is 22.2. The van der Waals surface area contributed by atoms with E-state index in [-0.39, 0.29) is 5.78 Å². The zero-order chi connectivity index (χ0) is 27.6. The molecular formula is C37H25N3O. The number of benzene rings is 5. The van der Waals surface area contributed by atoms with E-state index in [1.165, 1.54) is 0 Å². The largest absolute Gasteiger partial charge is 0.289 e. The smallest absolute Gasteiger partial charge is 0.235 e. The van der Waals surface area contributed by atoms with Gasteiger partial charge in [0.2, 0.25) is 5.95 Å². The van der Waals surface area contributed by atoms with E-state index in [4.69, 9.17) is 9.97 Å². The molecule has 0 radical (unpaired) electrons. The van der Waals surface area contributed by atoms with Crippen LogP contribution in [0.25, 0.3) is 50.6 Å². The van der Waals surface area contributed by atoms with Gasteiger partial charge in [-0.2, -0.15) is 0 Å². The Hall–Kier alpha value is -5.61. The van der Waals surface area contributed by atoms with Gasteiger partial charge >= 0.3 is 0 Å². The molecule has 0 saturated heterocycles. The monoisotopic (exact) mass is 527 g/mol. The molecule has 2 heterocycles. The van der Waals surface area contributed by atoms with Crippen LogP contribution in [0.1, 0.15) is 15.9 Å². The van der Waals surface area contributed by atoms with Crippen molar-refractivity contribution in [2.24, 2.45) is 0 Å². The highest BCUT2D eigenvalue weighted by Gasteiger charge is 2.19. The number of fused-ring (bicyclic) bond motifs is 1. The van der Waals surface area contributed by atoms with E-state index >= 15 is 0 Å². The number of hydrogen-bond donors (Lipinski definition) is 0. The quantitative estimate of drug-likeness (QED) is 0.164. The molecule has 7 aromatic rings. The van der Waals surface area contributed by atoms with Crippen LogP contribution >= 0.6 is 0 Å². The van der Waals surface area contributed by atoms with Gasteiger partial charge in [0.1, 0.15) is 0 Å². The van der Waals surface area contributed by atoms with Gasteiger partial charge < -0.3 is 0 Å². The van der Waals surface area contributed by atoms with E-state index in [0.29, 0.717) is 22.6 Å². The number of pyridine rings is 1. The number of nitrogens with zero attached hydrogens (tertiary/aromatic N) is 3. The van der Waals surface area contributed by atoms with Crippen molar-refractivity contribution >= 4 is 16.8 Å². The first-order valence-corrected chi connectivity index (χ1v) is 13.6. The molecule has 0 unspecified atom stereocenters. The number of hydrogen-bond acceptors (Lipinski definition) is 2. The molecule has 4 nitrogen and oxygen atoms in total. The fourth-order valence-corrected chi connectivity index (χ4v) is 5.20. The lowest BCUT2D eigenvalue weighted by Crippen LogP contribution is -2.38. The number of imidazole rings is 1. The molecule has 0 aliphatic heterocycles. The number of carbonyl (C=O) groups is 1. The topological polar surface area (TPSA) is 47.9 Å². The van der Waals surface area contributed by atoms with Crippen LogP contribution in [0.4, 0.5) is 0 Å². The summed E-state index contributed by atoms with van der Waals surface area (Å²) >= 11 is 0. The second-order valence-corrected chi connectivity index (χ2v) is 9.87. The van der Waals surface area contributed by atoms with Crippen LogP contribution in [0.5, 0.6) is 0 Å². The molecule has 0 atom stereocenters. The van der Waals surface area contributed by atoms with Gasteiger partial charge in [-0.05, 0) is 52.6 Å². The summed E-state index contributed by atoms with van der Waals surface area (Å²) in [5.41, 5.74) is 8.94. The Kier molecular flexibility index (Phi) is 6.26. The summed E-state index contributed by atoms with van der Waals surface area (Å²) < 4.78 is 2.12. The van der Waals surface area contributed by atoms with Crippen LogP contribution in [0.2, 0.25) is 0 Å². The lowest BCUT2D eigenvalue weighted by atomic mass is 9.99. The van der Waals surface area contributed by atoms with Gasteiger partial charge in [-0.25, -0.2) is 9.97 Å². The second-order valence-electron chi connectivity index (χ2n) is 9.87. The minimum Gasteiger partial charge on any atom is -0.289 e. The van der Waals surface area contributed by atoms with Crippen molar-refractivity contribution in [2.75, 3.05) is 0 Å². The third-order valence-electron chi connectivity index (χ3n) is 7.23. The van der Waals surface area contributed by atoms with E-state index in [1.807, 2.05) is 91.0 Å². The molecule has 0 aliphatic rings. The number of carbonyl (C=O) groups excluding carboxylic acids is 1. The first kappa shape index (κ1) is 24.4. The molecule has 5 aromatic carbocycles. The van der Waals surface area contributed by atoms with E-state index in [9.17, 15) is 4.79 Å². The van der Waals surface area contributed by atoms with E-state index in [2.05, 4.69) is 65.2 Å². The second kappa shape index (κ2) is 10.5. The summed E-state index contributed by atoms with van der Waals surface area (Å²) in [7, 11) is 0. The molecule has 0 spiro atoms. The van der Waals surface area contributed by atoms with Gasteiger partial charge in [0.15, 0.2) is 5.78 Å². The molecule has 4 heteroatoms. The van der Waals surface area contributed by atoms with Crippen molar-refractivity contribution in [3.05, 3.63) is 163 Å². The lowest BCUT2D eigenvalue weighted by Gasteiger charge is -2.19. The first-order valence-electron chi connectivity index (χ1n) is 13.6. The van der Waals surface area contributed by atoms with Crippen molar-refractivity contribution in [3.8, 4) is 39.6 Å². The minimum atomic E-state index is -0.0353. The summed E-state index contributed by atoms with van der Waals surface area (Å²) in [6.45, 7) is 0. The Morgan fingerprint density at radius 2 is 1.02 bits per heavy atom. The fourth-order valence-electron chi connectivity index (χ4n) is 5.20. The highest BCUT2D eigenvalue weighted by Crippen LogP contribution is 2.30. The van der Waals surface area contributed by atoms with Gasteiger partial charge in [0.05, 0.1) is 22.4 Å². The maximum absolute atomic E-state index is 13.2. The third kappa shape index (κ3) is 4.72. The first-order chi connectivity index (χ1) is 20.2. The predicted octanol–water partition coefficient (Wildman–Crippen LogP) is 7.70. The average molecular weight is 528 g/mol. The minimum absolute atomic E-state index is 0.0353. The van der Waals surface area contributed by atoms with Gasteiger partial charge in [-0.1, -0.05) is 121 Å². The summed E-state index contributed by atoms with van der Waals surface area (Å²) in [6.07, 6.45) is 0. The molecule has 0 amide bonds. The summed E-state index contributed by atoms with van der Waals surface area (Å²) in [5.74, 6) is 0.522. The third-order valence-corrected chi connectivity index (χ3v) is 7.23. The van der Waals surface area contributed by atoms with Crippen molar-refractivity contribution < 1.29 is 9.36 Å². The lowest BCUT2D eigenvalue weighted by molar-refractivity contribution is -0.579. The van der Waals surface area contributed by atoms with Crippen molar-refractivity contribution in [3.63, 3.8) is 0 Å². The Bertz CT molecular complexity index is 1920. The summed E-state index contributed by atoms with van der Waals surface area (Å²) in [5, 5.41) is 0. The average Bonchev–Trinajstić information content (AvgIpc) is 3.48. The molecule has 0 aliphatic carbocycles. The highest BCUT2D eigenvalue weighted by molar-refractivity contribution is 6.10. The normalized spacial score (nSPS) is 11.0. The van der Waals surface area contributed by atoms with Gasteiger partial charge in [-0.3, -0.25) is 9.36 Å². The summed E-state index contributed by atoms with van der Waals surface area (Å²) in [4.78, 5) is 23.1. The van der Waals surface area contributed by atoms with Crippen LogP contribution in [0, 0.1) is 0 Å². The molecule has 2 aromatic heterocycles. The number of aromatic nitrogens is 3. The maximum Gasteiger partial charge on any atom is 0.235 e. The molecule has 0 bridgehead atoms. The van der Waals surface area contributed by atoms with Gasteiger partial charge in [-0.15, -0.1) is 0 Å². The van der Waals surface area contributed by atoms with Gasteiger partial charge in [0, 0.05) is 11.1 Å². The zero-order valence-corrected chi connectivity index (χ0v) is 22.2. The maximum atomic E-state index is 13.2. The summed E-state index contributed by atoms with van der Waals surface area (Å²) in [6, 6.07) is 50.3. The standard InChI is InChI=1S/C37H25N3O/c41-36(29-19-11-4-12-20-29)30-21-22-32-33(23-30)39-37(38-32)40-34(27-15-7-2-8-16-27)24-31(26-13-5-1-6-14-26)25-35(40)28-17-9-3-10-18-28/h1-25H. The SMILES string of the molecule is O=C(c1ccccc1)c1ccc2[n-]c(-[n+]3c(-c4ccccc4)cc(-c4ccccc4)cc3-c3ccccc3)nc2c1. The van der Waals surface area contributed by atoms with E-state index in [0.717, 1.165) is 39.2 Å². The molecule has 7 rings (SSSR count). The van der Waals surface area contributed by atoms with Crippen LogP contribution in [0.15, 0.2) is 152 Å².